The normalized spacial score (nSPS) is 22.9. The number of nitrogens with one attached hydrogen (secondary N) is 2. The van der Waals surface area contributed by atoms with Crippen LogP contribution >= 0.6 is 23.2 Å². The van der Waals surface area contributed by atoms with Gasteiger partial charge in [0, 0.05) is 68.9 Å². The van der Waals surface area contributed by atoms with Gasteiger partial charge in [-0.05, 0) is 68.6 Å². The third-order valence-corrected chi connectivity index (χ3v) is 11.2. The molecule has 0 bridgehead atoms. The number of pyridine rings is 1. The van der Waals surface area contributed by atoms with E-state index in [1.807, 2.05) is 6.21 Å². The van der Waals surface area contributed by atoms with Gasteiger partial charge in [0.25, 0.3) is 0 Å². The number of halogens is 1. The summed E-state index contributed by atoms with van der Waals surface area (Å²) in [6.45, 7) is 14.3. The highest BCUT2D eigenvalue weighted by Crippen LogP contribution is 2.50. The van der Waals surface area contributed by atoms with Crippen LogP contribution in [0.25, 0.3) is 10.9 Å². The Morgan fingerprint density at radius 3 is 2.59 bits per heavy atom. The summed E-state index contributed by atoms with van der Waals surface area (Å²) in [6.07, 6.45) is 11.4. The molecule has 0 spiro atoms. The number of nitrogens with zero attached hydrogens (tertiary/aromatic N) is 5. The third kappa shape index (κ3) is 8.21. The molecule has 8 nitrogen and oxygen atoms in total. The number of anilines is 1. The molecule has 0 radical (unpaired) electrons. The zero-order valence-electron chi connectivity index (χ0n) is 27.3. The molecule has 3 aliphatic rings. The molecule has 238 valence electrons. The van der Waals surface area contributed by atoms with Crippen molar-refractivity contribution in [2.45, 2.75) is 55.9 Å². The van der Waals surface area contributed by atoms with Gasteiger partial charge in [0.05, 0.1) is 49.4 Å². The predicted molar refractivity (Wildman–Crippen MR) is 194 cm³/mol. The highest BCUT2D eigenvalue weighted by molar-refractivity contribution is 9.10. The molecule has 1 saturated heterocycles. The maximum absolute atomic E-state index is 5.33. The topological polar surface area (TPSA) is 77.4 Å². The van der Waals surface area contributed by atoms with E-state index < -0.39 is 7.26 Å². The summed E-state index contributed by atoms with van der Waals surface area (Å²) in [5.41, 5.74) is 6.22. The van der Waals surface area contributed by atoms with E-state index in [2.05, 4.69) is 106 Å². The second kappa shape index (κ2) is 14.7. The number of aromatic nitrogens is 1. The van der Waals surface area contributed by atoms with E-state index in [1.54, 1.807) is 13.4 Å². The molecule has 1 saturated carbocycles. The molecule has 2 N–H and O–H groups in total. The summed E-state index contributed by atoms with van der Waals surface area (Å²) >= 11 is 3.83. The number of benzene rings is 1. The number of hydrogen-bond acceptors (Lipinski definition) is 6. The molecule has 1 aromatic carbocycles. The lowest BCUT2D eigenvalue weighted by Gasteiger charge is -2.36. The summed E-state index contributed by atoms with van der Waals surface area (Å²) in [7, 11) is 2.52. The Bertz CT molecular complexity index is 1420. The van der Waals surface area contributed by atoms with E-state index >= 15 is 0 Å². The zero-order valence-corrected chi connectivity index (χ0v) is 29.8. The molecule has 5 rings (SSSR count). The molecule has 2 fully saturated rings. The van der Waals surface area contributed by atoms with E-state index in [9.17, 15) is 0 Å². The van der Waals surface area contributed by atoms with Crippen molar-refractivity contribution in [1.82, 2.24) is 20.1 Å². The van der Waals surface area contributed by atoms with Gasteiger partial charge in [0.1, 0.15) is 11.5 Å². The lowest BCUT2D eigenvalue weighted by molar-refractivity contribution is 0.188. The van der Waals surface area contributed by atoms with Crippen molar-refractivity contribution in [2.75, 3.05) is 72.2 Å². The first-order valence-electron chi connectivity index (χ1n) is 16.0. The van der Waals surface area contributed by atoms with Crippen LogP contribution < -0.4 is 15.9 Å². The molecule has 1 aliphatic carbocycles. The fourth-order valence-corrected chi connectivity index (χ4v) is 8.27. The minimum atomic E-state index is -1.38. The maximum atomic E-state index is 5.33. The van der Waals surface area contributed by atoms with Crippen LogP contribution in [0.4, 0.5) is 5.69 Å². The number of fused-ring (bicyclic) bond motifs is 1. The third-order valence-electron chi connectivity index (χ3n) is 8.58. The van der Waals surface area contributed by atoms with E-state index in [1.165, 1.54) is 40.5 Å². The van der Waals surface area contributed by atoms with E-state index in [-0.39, 0.29) is 11.0 Å². The monoisotopic (exact) mass is 682 g/mol. The second-order valence-corrected chi connectivity index (χ2v) is 18.6. The minimum absolute atomic E-state index is 0.0252. The van der Waals surface area contributed by atoms with Crippen molar-refractivity contribution in [1.29, 1.82) is 0 Å². The van der Waals surface area contributed by atoms with Gasteiger partial charge in [-0.3, -0.25) is 9.98 Å². The number of rotatable bonds is 12. The number of hydrogen-bond donors (Lipinski definition) is 2. The van der Waals surface area contributed by atoms with Crippen molar-refractivity contribution in [3.8, 4) is 0 Å². The summed E-state index contributed by atoms with van der Waals surface area (Å²) in [5.74, 6) is 1.32. The van der Waals surface area contributed by atoms with E-state index in [0.717, 1.165) is 56.6 Å². The van der Waals surface area contributed by atoms with Crippen molar-refractivity contribution >= 4 is 57.3 Å². The van der Waals surface area contributed by atoms with Gasteiger partial charge in [-0.15, -0.1) is 0 Å². The largest absolute Gasteiger partial charge is 0.504 e. The quantitative estimate of drug-likeness (QED) is 0.123. The standard InChI is InChI=1S/C34H50BrN7OP/c1-7-8-25(31(16-22-43-3)42-20-18-41(2)19-21-42)15-17-36-34-37-23-27(35)33(40-34)39-30-14-13-29-26(32(30)44(4,5)6)11-12-28(38-29)24-9-10-24/h11-14,16,22-24,27,33,39H,7-10,15,17-21H2,1-6H3,(H,36,40)/q+1/b22-16+,31-25+. The van der Waals surface area contributed by atoms with Crippen molar-refractivity contribution in [3.05, 3.63) is 53.6 Å². The van der Waals surface area contributed by atoms with Crippen LogP contribution in [-0.2, 0) is 4.74 Å². The fraction of sp³-hybridized carbons (Fsp3) is 0.559. The molecular formula is C34H50BrN7OP+. The minimum Gasteiger partial charge on any atom is -0.504 e. The Balaban J connectivity index is 1.33. The maximum Gasteiger partial charge on any atom is 0.219 e. The van der Waals surface area contributed by atoms with Crippen LogP contribution in [0.1, 0.15) is 50.6 Å². The van der Waals surface area contributed by atoms with Crippen LogP contribution in [-0.4, -0.2) is 105 Å². The van der Waals surface area contributed by atoms with Gasteiger partial charge in [-0.2, -0.15) is 0 Å². The molecule has 2 aliphatic heterocycles. The first-order chi connectivity index (χ1) is 21.2. The second-order valence-electron chi connectivity index (χ2n) is 13.1. The molecule has 2 aromatic rings. The van der Waals surface area contributed by atoms with Crippen molar-refractivity contribution in [3.63, 3.8) is 0 Å². The lowest BCUT2D eigenvalue weighted by atomic mass is 10.0. The molecule has 2 unspecified atom stereocenters. The molecule has 44 heavy (non-hydrogen) atoms. The molecular weight excluding hydrogens is 633 g/mol. The lowest BCUT2D eigenvalue weighted by Crippen LogP contribution is -2.50. The number of allylic oxidation sites excluding steroid dienone is 1. The number of alkyl halides is 1. The highest BCUT2D eigenvalue weighted by atomic mass is 79.9. The van der Waals surface area contributed by atoms with Crippen LogP contribution in [0.3, 0.4) is 0 Å². The highest BCUT2D eigenvalue weighted by Gasteiger charge is 2.32. The molecule has 2 atom stereocenters. The SMILES string of the molecule is CCC/C(CCN=C1N=CC(Br)C(Nc2ccc3nc(C4CC4)ccc3c2[P+](C)(C)C)N1)=C(/C=C/OC)N1CCN(C)CC1. The molecule has 10 heteroatoms. The smallest absolute Gasteiger partial charge is 0.219 e. The van der Waals surface area contributed by atoms with Gasteiger partial charge < -0.3 is 25.2 Å². The van der Waals surface area contributed by atoms with Crippen molar-refractivity contribution < 1.29 is 4.74 Å². The van der Waals surface area contributed by atoms with Crippen LogP contribution in [0.2, 0.25) is 0 Å². The zero-order chi connectivity index (χ0) is 31.3. The Hall–Kier alpha value is -2.48. The van der Waals surface area contributed by atoms with Gasteiger partial charge >= 0.3 is 0 Å². The van der Waals surface area contributed by atoms with E-state index in [4.69, 9.17) is 14.7 Å². The number of ether oxygens (including phenoxy) is 1. The Morgan fingerprint density at radius 2 is 1.91 bits per heavy atom. The van der Waals surface area contributed by atoms with Gasteiger partial charge in [-0.25, -0.2) is 4.99 Å². The fourth-order valence-electron chi connectivity index (χ4n) is 6.11. The molecule has 3 heterocycles. The first-order valence-corrected chi connectivity index (χ1v) is 20.1. The van der Waals surface area contributed by atoms with Crippen molar-refractivity contribution in [2.24, 2.45) is 9.98 Å². The number of piperazine rings is 1. The van der Waals surface area contributed by atoms with Gasteiger partial charge in [0.2, 0.25) is 5.96 Å². The number of guanidine groups is 1. The summed E-state index contributed by atoms with van der Waals surface area (Å²) in [6, 6.07) is 8.94. The Labute approximate surface area is 273 Å². The Morgan fingerprint density at radius 1 is 1.14 bits per heavy atom. The summed E-state index contributed by atoms with van der Waals surface area (Å²) < 4.78 is 5.33. The van der Waals surface area contributed by atoms with Gasteiger partial charge in [0.15, 0.2) is 0 Å². The van der Waals surface area contributed by atoms with E-state index in [0.29, 0.717) is 18.4 Å². The summed E-state index contributed by atoms with van der Waals surface area (Å²) in [4.78, 5) is 19.6. The molecule has 0 amide bonds. The van der Waals surface area contributed by atoms with Gasteiger partial charge in [-0.1, -0.05) is 29.3 Å². The van der Waals surface area contributed by atoms with Crippen LogP contribution in [0.5, 0.6) is 0 Å². The average molecular weight is 684 g/mol. The summed E-state index contributed by atoms with van der Waals surface area (Å²) in [5, 5.41) is 10.0. The number of aliphatic imine (C=N–C) groups is 2. The molecule has 1 aromatic heterocycles. The Kier molecular flexibility index (Phi) is 11.0. The number of methoxy groups -OCH3 is 1. The number of likely N-dealkylation sites (N-methyl/N-ethyl adjacent to an activating group) is 1. The van der Waals surface area contributed by atoms with Crippen LogP contribution in [0.15, 0.2) is 57.9 Å². The average Bonchev–Trinajstić information content (AvgIpc) is 3.84. The first kappa shape index (κ1) is 32.9. The van der Waals surface area contributed by atoms with Crippen LogP contribution in [0, 0.1) is 0 Å². The predicted octanol–water partition coefficient (Wildman–Crippen LogP) is 6.03.